The average Bonchev–Trinajstić information content (AvgIpc) is 3.23. The molecule has 0 heterocycles. The number of phosphoric acid groups is 1. The molecule has 9 nitrogen and oxygen atoms in total. The number of likely N-dealkylation sites (N-methyl/N-ethyl adjacent to an activating group) is 1. The van der Waals surface area contributed by atoms with Gasteiger partial charge in [0.25, 0.3) is 0 Å². The Hall–Kier alpha value is -2.03. The average molecular weight is 880 g/mol. The molecule has 0 aliphatic rings. The van der Waals surface area contributed by atoms with Gasteiger partial charge >= 0.3 is 19.8 Å². The van der Waals surface area contributed by atoms with Crippen LogP contribution in [-0.4, -0.2) is 68.3 Å². The van der Waals surface area contributed by atoms with Gasteiger partial charge in [-0.1, -0.05) is 184 Å². The quantitative estimate of drug-likeness (QED) is 0.0276. The van der Waals surface area contributed by atoms with E-state index in [-0.39, 0.29) is 26.1 Å². The molecule has 0 rings (SSSR count). The second kappa shape index (κ2) is 46.0. The maximum absolute atomic E-state index is 12.7. The molecule has 356 valence electrons. The van der Waals surface area contributed by atoms with Gasteiger partial charge < -0.3 is 19.3 Å². The van der Waals surface area contributed by atoms with Crippen molar-refractivity contribution in [2.45, 2.75) is 225 Å². The lowest BCUT2D eigenvalue weighted by Gasteiger charge is -2.20. The van der Waals surface area contributed by atoms with E-state index in [0.29, 0.717) is 19.4 Å². The van der Waals surface area contributed by atoms with Gasteiger partial charge in [0.1, 0.15) is 6.61 Å². The zero-order chi connectivity index (χ0) is 44.8. The van der Waals surface area contributed by atoms with Crippen LogP contribution in [0, 0.1) is 0 Å². The third kappa shape index (κ3) is 47.3. The highest BCUT2D eigenvalue weighted by Crippen LogP contribution is 2.43. The Morgan fingerprint density at radius 2 is 0.902 bits per heavy atom. The first kappa shape index (κ1) is 59.0. The van der Waals surface area contributed by atoms with Gasteiger partial charge in [-0.3, -0.25) is 18.6 Å². The van der Waals surface area contributed by atoms with Crippen LogP contribution in [0.5, 0.6) is 0 Å². The Kier molecular flexibility index (Phi) is 44.4. The molecule has 0 saturated heterocycles. The van der Waals surface area contributed by atoms with Gasteiger partial charge in [0.05, 0.1) is 13.2 Å². The Labute approximate surface area is 375 Å². The summed E-state index contributed by atoms with van der Waals surface area (Å²) in [5.74, 6) is -0.860. The van der Waals surface area contributed by atoms with Gasteiger partial charge in [0, 0.05) is 19.4 Å². The summed E-state index contributed by atoms with van der Waals surface area (Å²) in [7, 11) is -0.733. The van der Waals surface area contributed by atoms with Crippen molar-refractivity contribution in [3.05, 3.63) is 48.6 Å². The Morgan fingerprint density at radius 3 is 1.38 bits per heavy atom. The van der Waals surface area contributed by atoms with Gasteiger partial charge in [-0.05, 0) is 84.7 Å². The van der Waals surface area contributed by atoms with Gasteiger partial charge in [0.2, 0.25) is 0 Å². The molecule has 0 aromatic rings. The summed E-state index contributed by atoms with van der Waals surface area (Å²) in [6.07, 6.45) is 53.1. The standard InChI is InChI=1S/C51H94NO8P/c1-5-7-9-11-13-15-17-19-21-23-24-25-26-28-30-32-34-36-38-40-42-44-51(54)60-49(48-59-61(55,56)58-46-45-52(3)4)47-57-50(53)43-41-39-37-35-33-31-29-27-22-20-18-16-14-12-10-8-6-2/h19-22,29,31,35,37,49H,5-18,23-28,30,32-34,36,38-48H2,1-4H3,(H,55,56)/b21-19-,22-20-,31-29-,37-35-. The largest absolute Gasteiger partial charge is 0.472 e. The number of nitrogens with zero attached hydrogens (tertiary/aromatic N) is 1. The number of carbonyl (C=O) groups excluding carboxylic acids is 2. The zero-order valence-corrected chi connectivity index (χ0v) is 40.7. The molecule has 61 heavy (non-hydrogen) atoms. The molecule has 0 saturated carbocycles. The molecular formula is C51H94NO8P. The first-order valence-corrected chi connectivity index (χ1v) is 26.4. The number of hydrogen-bond donors (Lipinski definition) is 1. The summed E-state index contributed by atoms with van der Waals surface area (Å²) in [5, 5.41) is 0. The van der Waals surface area contributed by atoms with Crippen molar-refractivity contribution in [1.29, 1.82) is 0 Å². The molecule has 0 aliphatic carbocycles. The van der Waals surface area contributed by atoms with Gasteiger partial charge in [-0.2, -0.15) is 0 Å². The monoisotopic (exact) mass is 880 g/mol. The molecule has 1 N–H and O–H groups in total. The highest BCUT2D eigenvalue weighted by Gasteiger charge is 2.26. The predicted octanol–water partition coefficient (Wildman–Crippen LogP) is 14.9. The Balaban J connectivity index is 4.26. The number of hydrogen-bond acceptors (Lipinski definition) is 8. The lowest BCUT2D eigenvalue weighted by atomic mass is 10.0. The number of ether oxygens (including phenoxy) is 2. The fourth-order valence-corrected chi connectivity index (χ4v) is 7.50. The number of carbonyl (C=O) groups is 2. The van der Waals surface area contributed by atoms with E-state index in [2.05, 4.69) is 62.5 Å². The zero-order valence-electron chi connectivity index (χ0n) is 39.9. The first-order chi connectivity index (χ1) is 29.7. The molecule has 10 heteroatoms. The van der Waals surface area contributed by atoms with Crippen molar-refractivity contribution >= 4 is 19.8 Å². The molecule has 2 unspecified atom stereocenters. The number of esters is 2. The summed E-state index contributed by atoms with van der Waals surface area (Å²) in [5.41, 5.74) is 0. The van der Waals surface area contributed by atoms with Crippen molar-refractivity contribution < 1.29 is 37.6 Å². The van der Waals surface area contributed by atoms with E-state index in [4.69, 9.17) is 18.5 Å². The second-order valence-corrected chi connectivity index (χ2v) is 18.4. The summed E-state index contributed by atoms with van der Waals surface area (Å²) in [6, 6.07) is 0. The minimum absolute atomic E-state index is 0.000859. The molecule has 0 aromatic heterocycles. The van der Waals surface area contributed by atoms with Crippen molar-refractivity contribution in [2.75, 3.05) is 40.5 Å². The van der Waals surface area contributed by atoms with Crippen LogP contribution in [0.2, 0.25) is 0 Å². The van der Waals surface area contributed by atoms with Crippen LogP contribution < -0.4 is 0 Å². The Morgan fingerprint density at radius 1 is 0.508 bits per heavy atom. The summed E-state index contributed by atoms with van der Waals surface area (Å²) in [6.45, 7) is 4.27. The van der Waals surface area contributed by atoms with E-state index in [1.165, 1.54) is 135 Å². The molecule has 0 spiro atoms. The molecule has 0 aromatic carbocycles. The van der Waals surface area contributed by atoms with Crippen molar-refractivity contribution in [3.63, 3.8) is 0 Å². The SMILES string of the molecule is CCCCCCCC/C=C\C/C=C\C/C=C\CCCC(=O)OCC(COP(=O)(O)OCCN(C)C)OC(=O)CCCCCCCCCCCCC/C=C\CCCCCCCC. The molecular weight excluding hydrogens is 786 g/mol. The molecule has 2 atom stereocenters. The Bertz CT molecular complexity index is 1150. The highest BCUT2D eigenvalue weighted by atomic mass is 31.2. The molecule has 0 amide bonds. The van der Waals surface area contributed by atoms with Crippen LogP contribution in [0.1, 0.15) is 219 Å². The minimum atomic E-state index is -4.38. The van der Waals surface area contributed by atoms with Crippen LogP contribution in [0.3, 0.4) is 0 Å². The lowest BCUT2D eigenvalue weighted by molar-refractivity contribution is -0.161. The topological polar surface area (TPSA) is 112 Å². The van der Waals surface area contributed by atoms with E-state index in [1.54, 1.807) is 0 Å². The second-order valence-electron chi connectivity index (χ2n) is 17.0. The van der Waals surface area contributed by atoms with E-state index >= 15 is 0 Å². The van der Waals surface area contributed by atoms with Gasteiger partial charge in [-0.25, -0.2) is 4.57 Å². The predicted molar refractivity (Wildman–Crippen MR) is 257 cm³/mol. The molecule has 0 radical (unpaired) electrons. The molecule has 0 fully saturated rings. The van der Waals surface area contributed by atoms with E-state index < -0.39 is 32.5 Å². The van der Waals surface area contributed by atoms with Gasteiger partial charge in [0.15, 0.2) is 6.10 Å². The number of rotatable bonds is 46. The lowest BCUT2D eigenvalue weighted by Crippen LogP contribution is -2.29. The smallest absolute Gasteiger partial charge is 0.462 e. The highest BCUT2D eigenvalue weighted by molar-refractivity contribution is 7.47. The summed E-state index contributed by atoms with van der Waals surface area (Å²) < 4.78 is 33.5. The normalized spacial score (nSPS) is 13.7. The van der Waals surface area contributed by atoms with Crippen LogP contribution in [0.15, 0.2) is 48.6 Å². The van der Waals surface area contributed by atoms with Crippen molar-refractivity contribution in [3.8, 4) is 0 Å². The van der Waals surface area contributed by atoms with Crippen molar-refractivity contribution in [1.82, 2.24) is 4.90 Å². The third-order valence-electron chi connectivity index (χ3n) is 10.6. The summed E-state index contributed by atoms with van der Waals surface area (Å²) >= 11 is 0. The number of phosphoric ester groups is 1. The molecule has 0 aliphatic heterocycles. The van der Waals surface area contributed by atoms with Crippen LogP contribution in [0.4, 0.5) is 0 Å². The third-order valence-corrected chi connectivity index (χ3v) is 11.6. The van der Waals surface area contributed by atoms with Crippen LogP contribution in [-0.2, 0) is 32.7 Å². The summed E-state index contributed by atoms with van der Waals surface area (Å²) in [4.78, 5) is 37.1. The fraction of sp³-hybridized carbons (Fsp3) is 0.804. The maximum atomic E-state index is 12.7. The number of allylic oxidation sites excluding steroid dienone is 8. The van der Waals surface area contributed by atoms with E-state index in [9.17, 15) is 19.0 Å². The minimum Gasteiger partial charge on any atom is -0.462 e. The fourth-order valence-electron chi connectivity index (χ4n) is 6.76. The first-order valence-electron chi connectivity index (χ1n) is 24.9. The maximum Gasteiger partial charge on any atom is 0.472 e. The van der Waals surface area contributed by atoms with E-state index in [1.807, 2.05) is 19.0 Å². The number of unbranched alkanes of at least 4 members (excludes halogenated alkanes) is 24. The van der Waals surface area contributed by atoms with Crippen molar-refractivity contribution in [2.24, 2.45) is 0 Å². The van der Waals surface area contributed by atoms with Gasteiger partial charge in [-0.15, -0.1) is 0 Å². The van der Waals surface area contributed by atoms with Crippen LogP contribution in [0.25, 0.3) is 0 Å². The van der Waals surface area contributed by atoms with Crippen LogP contribution >= 0.6 is 7.82 Å². The molecule has 0 bridgehead atoms. The van der Waals surface area contributed by atoms with E-state index in [0.717, 1.165) is 44.9 Å².